The van der Waals surface area contributed by atoms with Gasteiger partial charge in [-0.2, -0.15) is 13.2 Å². The van der Waals surface area contributed by atoms with E-state index in [1.165, 1.54) is 23.5 Å². The summed E-state index contributed by atoms with van der Waals surface area (Å²) >= 11 is 1.49. The summed E-state index contributed by atoms with van der Waals surface area (Å²) in [7, 11) is 0. The minimum atomic E-state index is -4.50. The molecule has 0 atom stereocenters. The van der Waals surface area contributed by atoms with E-state index in [0.29, 0.717) is 11.2 Å². The summed E-state index contributed by atoms with van der Waals surface area (Å²) in [6.45, 7) is 1.85. The lowest BCUT2D eigenvalue weighted by Gasteiger charge is -2.21. The molecular weight excluding hydrogens is 339 g/mol. The number of nitrogens with zero attached hydrogens (tertiary/aromatic N) is 2. The molecule has 3 aromatic rings. The van der Waals surface area contributed by atoms with Gasteiger partial charge in [0.25, 0.3) is 0 Å². The van der Waals surface area contributed by atoms with Crippen LogP contribution in [0.2, 0.25) is 0 Å². The number of primary amides is 1. The van der Waals surface area contributed by atoms with Crippen molar-refractivity contribution >= 4 is 39.0 Å². The average molecular weight is 351 g/mol. The second-order valence-corrected chi connectivity index (χ2v) is 6.34. The fraction of sp³-hybridized carbons (Fsp3) is 0.125. The van der Waals surface area contributed by atoms with Crippen LogP contribution in [-0.4, -0.2) is 11.0 Å². The van der Waals surface area contributed by atoms with E-state index in [1.807, 2.05) is 6.92 Å². The number of carbonyl (C=O) groups excluding carboxylic acids is 1. The van der Waals surface area contributed by atoms with E-state index in [4.69, 9.17) is 5.73 Å². The second kappa shape index (κ2) is 5.79. The summed E-state index contributed by atoms with van der Waals surface area (Å²) in [5.74, 6) is 0. The third-order valence-electron chi connectivity index (χ3n) is 3.39. The van der Waals surface area contributed by atoms with Gasteiger partial charge in [0.15, 0.2) is 0 Å². The number of anilines is 2. The summed E-state index contributed by atoms with van der Waals surface area (Å²) in [4.78, 5) is 17.2. The van der Waals surface area contributed by atoms with Crippen LogP contribution in [0.4, 0.5) is 29.3 Å². The number of alkyl halides is 3. The molecule has 0 radical (unpaired) electrons. The van der Waals surface area contributed by atoms with E-state index in [9.17, 15) is 18.0 Å². The molecule has 124 valence electrons. The Morgan fingerprint density at radius 2 is 1.88 bits per heavy atom. The Labute approximate surface area is 139 Å². The Hall–Kier alpha value is -2.61. The SMILES string of the molecule is Cc1nc2cc(N(C(N)=O)c3cccc(C(F)(F)F)c3)ccc2s1. The molecule has 0 aliphatic carbocycles. The van der Waals surface area contributed by atoms with Gasteiger partial charge in [0.05, 0.1) is 32.2 Å². The maximum atomic E-state index is 12.9. The molecule has 0 aliphatic rings. The minimum Gasteiger partial charge on any atom is -0.351 e. The van der Waals surface area contributed by atoms with E-state index in [0.717, 1.165) is 26.7 Å². The topological polar surface area (TPSA) is 59.2 Å². The molecule has 0 aliphatic heterocycles. The quantitative estimate of drug-likeness (QED) is 0.718. The van der Waals surface area contributed by atoms with Gasteiger partial charge >= 0.3 is 12.2 Å². The van der Waals surface area contributed by atoms with Crippen molar-refractivity contribution in [3.8, 4) is 0 Å². The molecule has 0 unspecified atom stereocenters. The van der Waals surface area contributed by atoms with Crippen molar-refractivity contribution in [1.29, 1.82) is 0 Å². The maximum Gasteiger partial charge on any atom is 0.416 e. The maximum absolute atomic E-state index is 12.9. The van der Waals surface area contributed by atoms with Gasteiger partial charge in [-0.15, -0.1) is 11.3 Å². The van der Waals surface area contributed by atoms with Gasteiger partial charge < -0.3 is 5.73 Å². The zero-order chi connectivity index (χ0) is 17.5. The second-order valence-electron chi connectivity index (χ2n) is 5.11. The zero-order valence-corrected chi connectivity index (χ0v) is 13.3. The molecule has 0 bridgehead atoms. The molecule has 8 heteroatoms. The van der Waals surface area contributed by atoms with Crippen LogP contribution in [0.3, 0.4) is 0 Å². The van der Waals surface area contributed by atoms with E-state index < -0.39 is 17.8 Å². The molecule has 1 aromatic heterocycles. The van der Waals surface area contributed by atoms with Crippen LogP contribution in [-0.2, 0) is 6.18 Å². The number of fused-ring (bicyclic) bond motifs is 1. The predicted molar refractivity (Wildman–Crippen MR) is 87.5 cm³/mol. The van der Waals surface area contributed by atoms with Crippen LogP contribution in [0, 0.1) is 6.92 Å². The zero-order valence-electron chi connectivity index (χ0n) is 12.5. The van der Waals surface area contributed by atoms with Crippen molar-refractivity contribution in [2.75, 3.05) is 4.90 Å². The van der Waals surface area contributed by atoms with E-state index in [-0.39, 0.29) is 5.69 Å². The molecule has 3 rings (SSSR count). The molecule has 4 nitrogen and oxygen atoms in total. The lowest BCUT2D eigenvalue weighted by atomic mass is 10.1. The lowest BCUT2D eigenvalue weighted by molar-refractivity contribution is -0.137. The molecule has 0 saturated heterocycles. The van der Waals surface area contributed by atoms with Crippen molar-refractivity contribution in [3.05, 3.63) is 53.0 Å². The van der Waals surface area contributed by atoms with Gasteiger partial charge in [0.1, 0.15) is 0 Å². The first-order valence-corrected chi connectivity index (χ1v) is 7.71. The van der Waals surface area contributed by atoms with Crippen LogP contribution in [0.5, 0.6) is 0 Å². The minimum absolute atomic E-state index is 0.0450. The van der Waals surface area contributed by atoms with Crippen molar-refractivity contribution in [1.82, 2.24) is 4.98 Å². The highest BCUT2D eigenvalue weighted by Crippen LogP contribution is 2.35. The first kappa shape index (κ1) is 16.3. The Morgan fingerprint density at radius 1 is 1.17 bits per heavy atom. The number of urea groups is 1. The number of aryl methyl sites for hydroxylation is 1. The number of aromatic nitrogens is 1. The number of halogens is 3. The Kier molecular flexibility index (Phi) is 3.92. The number of rotatable bonds is 2. The van der Waals surface area contributed by atoms with Crippen LogP contribution in [0.25, 0.3) is 10.2 Å². The fourth-order valence-electron chi connectivity index (χ4n) is 2.39. The number of thiazole rings is 1. The summed E-state index contributed by atoms with van der Waals surface area (Å²) in [5.41, 5.74) is 5.61. The largest absolute Gasteiger partial charge is 0.416 e. The number of hydrogen-bond donors (Lipinski definition) is 1. The van der Waals surface area contributed by atoms with Crippen molar-refractivity contribution < 1.29 is 18.0 Å². The molecule has 2 amide bonds. The summed E-state index contributed by atoms with van der Waals surface area (Å²) < 4.78 is 39.6. The van der Waals surface area contributed by atoms with Crippen LogP contribution < -0.4 is 10.6 Å². The van der Waals surface area contributed by atoms with Crippen molar-refractivity contribution in [3.63, 3.8) is 0 Å². The van der Waals surface area contributed by atoms with Gasteiger partial charge in [-0.05, 0) is 43.3 Å². The monoisotopic (exact) mass is 351 g/mol. The smallest absolute Gasteiger partial charge is 0.351 e. The van der Waals surface area contributed by atoms with Gasteiger partial charge in [0, 0.05) is 0 Å². The Morgan fingerprint density at radius 3 is 2.54 bits per heavy atom. The molecule has 2 aromatic carbocycles. The van der Waals surface area contributed by atoms with Crippen LogP contribution in [0.15, 0.2) is 42.5 Å². The highest BCUT2D eigenvalue weighted by Gasteiger charge is 2.31. The predicted octanol–water partition coefficient (Wildman–Crippen LogP) is 4.84. The third-order valence-corrected chi connectivity index (χ3v) is 4.34. The third kappa shape index (κ3) is 3.05. The molecule has 0 spiro atoms. The Bertz CT molecular complexity index is 920. The van der Waals surface area contributed by atoms with Crippen LogP contribution >= 0.6 is 11.3 Å². The number of carbonyl (C=O) groups is 1. The molecule has 24 heavy (non-hydrogen) atoms. The number of nitrogens with two attached hydrogens (primary N) is 1. The number of hydrogen-bond acceptors (Lipinski definition) is 3. The number of amides is 2. The first-order chi connectivity index (χ1) is 11.3. The molecule has 0 fully saturated rings. The van der Waals surface area contributed by atoms with Gasteiger partial charge in [-0.1, -0.05) is 6.07 Å². The first-order valence-electron chi connectivity index (χ1n) is 6.90. The van der Waals surface area contributed by atoms with Gasteiger partial charge in [-0.3, -0.25) is 4.90 Å². The van der Waals surface area contributed by atoms with Gasteiger partial charge in [-0.25, -0.2) is 9.78 Å². The van der Waals surface area contributed by atoms with Crippen LogP contribution in [0.1, 0.15) is 10.6 Å². The molecule has 1 heterocycles. The standard InChI is InChI=1S/C16H12F3N3OS/c1-9-21-13-8-12(5-6-14(13)24-9)22(15(20)23)11-4-2-3-10(7-11)16(17,18)19/h2-8H,1H3,(H2,20,23). The summed E-state index contributed by atoms with van der Waals surface area (Å²) in [6.07, 6.45) is -4.50. The summed E-state index contributed by atoms with van der Waals surface area (Å²) in [5, 5.41) is 0.854. The average Bonchev–Trinajstić information content (AvgIpc) is 2.86. The van der Waals surface area contributed by atoms with E-state index in [2.05, 4.69) is 4.98 Å². The lowest BCUT2D eigenvalue weighted by Crippen LogP contribution is -2.31. The van der Waals surface area contributed by atoms with E-state index >= 15 is 0 Å². The van der Waals surface area contributed by atoms with Crippen molar-refractivity contribution in [2.24, 2.45) is 5.73 Å². The highest BCUT2D eigenvalue weighted by atomic mass is 32.1. The fourth-order valence-corrected chi connectivity index (χ4v) is 3.20. The highest BCUT2D eigenvalue weighted by molar-refractivity contribution is 7.18. The molecular formula is C16H12F3N3OS. The summed E-state index contributed by atoms with van der Waals surface area (Å²) in [6, 6.07) is 8.61. The molecule has 0 saturated carbocycles. The normalized spacial score (nSPS) is 11.7. The van der Waals surface area contributed by atoms with E-state index in [1.54, 1.807) is 18.2 Å². The molecule has 2 N–H and O–H groups in total. The Balaban J connectivity index is 2.10. The van der Waals surface area contributed by atoms with Gasteiger partial charge in [0.2, 0.25) is 0 Å². The number of benzene rings is 2. The van der Waals surface area contributed by atoms with Crippen molar-refractivity contribution in [2.45, 2.75) is 13.1 Å².